The maximum Gasteiger partial charge on any atom is 0.287 e. The first-order valence-corrected chi connectivity index (χ1v) is 6.07. The Balaban J connectivity index is 2.31. The van der Waals surface area contributed by atoms with Gasteiger partial charge in [-0.3, -0.25) is 10.1 Å². The molecule has 1 aromatic rings. The average Bonchev–Trinajstić information content (AvgIpc) is 2.83. The Bertz CT molecular complexity index is 538. The molecule has 2 rings (SSSR count). The maximum atomic E-state index is 10.8. The van der Waals surface area contributed by atoms with Crippen LogP contribution in [0, 0.1) is 21.4 Å². The summed E-state index contributed by atoms with van der Waals surface area (Å²) in [5, 5.41) is 19.8. The molecule has 0 N–H and O–H groups in total. The van der Waals surface area contributed by atoms with Gasteiger partial charge in [-0.05, 0) is 25.5 Å². The molecule has 0 amide bonds. The highest BCUT2D eigenvalue weighted by Gasteiger charge is 2.28. The van der Waals surface area contributed by atoms with Gasteiger partial charge < -0.3 is 9.64 Å². The number of nitrogens with zero attached hydrogens (tertiary/aromatic N) is 3. The predicted molar refractivity (Wildman–Crippen MR) is 70.0 cm³/mol. The summed E-state index contributed by atoms with van der Waals surface area (Å²) in [6.07, 6.45) is 1.03. The highest BCUT2D eigenvalue weighted by Crippen LogP contribution is 2.28. The van der Waals surface area contributed by atoms with E-state index >= 15 is 0 Å². The van der Waals surface area contributed by atoms with Gasteiger partial charge in [-0.1, -0.05) is 0 Å². The molecule has 0 aromatic heterocycles. The molecule has 1 fully saturated rings. The molecule has 6 nitrogen and oxygen atoms in total. The van der Waals surface area contributed by atoms with Gasteiger partial charge in [0.2, 0.25) is 0 Å². The van der Waals surface area contributed by atoms with Crippen LogP contribution in [0.15, 0.2) is 18.2 Å². The Morgan fingerprint density at radius 3 is 2.84 bits per heavy atom. The van der Waals surface area contributed by atoms with Crippen LogP contribution in [0.25, 0.3) is 0 Å². The van der Waals surface area contributed by atoms with Crippen molar-refractivity contribution in [2.24, 2.45) is 0 Å². The second-order valence-corrected chi connectivity index (χ2v) is 4.61. The molecular formula is C13H15N3O3. The molecule has 0 bridgehead atoms. The van der Waals surface area contributed by atoms with Crippen molar-refractivity contribution in [2.75, 3.05) is 18.6 Å². The summed E-state index contributed by atoms with van der Waals surface area (Å²) in [4.78, 5) is 12.3. The van der Waals surface area contributed by atoms with E-state index < -0.39 is 4.92 Å². The van der Waals surface area contributed by atoms with Crippen molar-refractivity contribution >= 4 is 11.4 Å². The van der Waals surface area contributed by atoms with Gasteiger partial charge in [0.1, 0.15) is 11.6 Å². The molecule has 2 atom stereocenters. The number of hydrogen-bond acceptors (Lipinski definition) is 5. The lowest BCUT2D eigenvalue weighted by atomic mass is 10.1. The molecule has 0 spiro atoms. The van der Waals surface area contributed by atoms with E-state index in [1.54, 1.807) is 12.1 Å². The fraction of sp³-hybridized carbons (Fsp3) is 0.462. The molecule has 0 saturated carbocycles. The van der Waals surface area contributed by atoms with Crippen LogP contribution in [-0.2, 0) is 4.74 Å². The number of nitro groups is 1. The van der Waals surface area contributed by atoms with Crippen LogP contribution in [0.5, 0.6) is 0 Å². The van der Waals surface area contributed by atoms with Crippen molar-refractivity contribution in [3.05, 3.63) is 33.9 Å². The minimum absolute atomic E-state index is 0.0842. The SMILES string of the molecule is CC1OCCC1N(C)c1ccc([N+](=O)[O-])c(C#N)c1. The molecule has 0 aliphatic carbocycles. The second kappa shape index (κ2) is 5.24. The second-order valence-electron chi connectivity index (χ2n) is 4.61. The molecule has 1 heterocycles. The standard InChI is InChI=1S/C13H15N3O3/c1-9-12(5-6-19-9)15(2)11-3-4-13(16(17)18)10(7-11)8-14/h3-4,7,9,12H,5-6H2,1-2H3. The molecule has 1 saturated heterocycles. The first-order valence-electron chi connectivity index (χ1n) is 6.07. The highest BCUT2D eigenvalue weighted by atomic mass is 16.6. The summed E-state index contributed by atoms with van der Waals surface area (Å²) in [5.74, 6) is 0. The molecule has 100 valence electrons. The van der Waals surface area contributed by atoms with Crippen molar-refractivity contribution in [3.8, 4) is 6.07 Å². The molecular weight excluding hydrogens is 246 g/mol. The molecule has 1 aromatic carbocycles. The molecule has 2 unspecified atom stereocenters. The third kappa shape index (κ3) is 2.51. The van der Waals surface area contributed by atoms with Crippen LogP contribution in [0.1, 0.15) is 18.9 Å². The van der Waals surface area contributed by atoms with Gasteiger partial charge >= 0.3 is 0 Å². The molecule has 19 heavy (non-hydrogen) atoms. The lowest BCUT2D eigenvalue weighted by Crippen LogP contribution is -2.36. The topological polar surface area (TPSA) is 79.4 Å². The monoisotopic (exact) mass is 261 g/mol. The van der Waals surface area contributed by atoms with Crippen molar-refractivity contribution in [3.63, 3.8) is 0 Å². The maximum absolute atomic E-state index is 10.8. The lowest BCUT2D eigenvalue weighted by molar-refractivity contribution is -0.385. The molecule has 0 radical (unpaired) electrons. The van der Waals surface area contributed by atoms with Crippen molar-refractivity contribution in [1.82, 2.24) is 0 Å². The Morgan fingerprint density at radius 2 is 2.32 bits per heavy atom. The third-order valence-electron chi connectivity index (χ3n) is 3.54. The summed E-state index contributed by atoms with van der Waals surface area (Å²) in [5.41, 5.74) is 0.723. The quantitative estimate of drug-likeness (QED) is 0.614. The minimum atomic E-state index is -0.538. The van der Waals surface area contributed by atoms with Crippen molar-refractivity contribution < 1.29 is 9.66 Å². The zero-order chi connectivity index (χ0) is 14.0. The zero-order valence-corrected chi connectivity index (χ0v) is 10.9. The number of hydrogen-bond donors (Lipinski definition) is 0. The van der Waals surface area contributed by atoms with Crippen LogP contribution in [0.4, 0.5) is 11.4 Å². The van der Waals surface area contributed by atoms with E-state index in [9.17, 15) is 10.1 Å². The van der Waals surface area contributed by atoms with Crippen LogP contribution in [0.3, 0.4) is 0 Å². The van der Waals surface area contributed by atoms with Gasteiger partial charge in [-0.2, -0.15) is 5.26 Å². The van der Waals surface area contributed by atoms with Gasteiger partial charge in [-0.25, -0.2) is 0 Å². The van der Waals surface area contributed by atoms with E-state index in [2.05, 4.69) is 0 Å². The Hall–Kier alpha value is -2.13. The predicted octanol–water partition coefficient (Wildman–Crippen LogP) is 2.08. The van der Waals surface area contributed by atoms with Gasteiger partial charge in [-0.15, -0.1) is 0 Å². The Kier molecular flexibility index (Phi) is 3.67. The van der Waals surface area contributed by atoms with Crippen LogP contribution >= 0.6 is 0 Å². The Labute approximate surface area is 111 Å². The van der Waals surface area contributed by atoms with Gasteiger partial charge in [0, 0.05) is 25.4 Å². The number of rotatable bonds is 3. The number of anilines is 1. The normalized spacial score (nSPS) is 21.9. The molecule has 1 aliphatic rings. The fourth-order valence-electron chi connectivity index (χ4n) is 2.41. The van der Waals surface area contributed by atoms with Crippen LogP contribution in [-0.4, -0.2) is 30.7 Å². The summed E-state index contributed by atoms with van der Waals surface area (Å²) in [7, 11) is 1.91. The van der Waals surface area contributed by atoms with E-state index in [1.165, 1.54) is 6.07 Å². The number of ether oxygens (including phenoxy) is 1. The highest BCUT2D eigenvalue weighted by molar-refractivity contribution is 5.60. The van der Waals surface area contributed by atoms with Crippen molar-refractivity contribution in [2.45, 2.75) is 25.5 Å². The van der Waals surface area contributed by atoms with Crippen molar-refractivity contribution in [1.29, 1.82) is 5.26 Å². The fourth-order valence-corrected chi connectivity index (χ4v) is 2.41. The zero-order valence-electron chi connectivity index (χ0n) is 10.9. The lowest BCUT2D eigenvalue weighted by Gasteiger charge is -2.28. The van der Waals surface area contributed by atoms with E-state index in [0.29, 0.717) is 6.61 Å². The van der Waals surface area contributed by atoms with E-state index in [0.717, 1.165) is 12.1 Å². The average molecular weight is 261 g/mol. The first-order chi connectivity index (χ1) is 9.04. The van der Waals surface area contributed by atoms with Gasteiger partial charge in [0.25, 0.3) is 5.69 Å². The van der Waals surface area contributed by atoms with Crippen LogP contribution < -0.4 is 4.90 Å². The smallest absolute Gasteiger partial charge is 0.287 e. The van der Waals surface area contributed by atoms with Gasteiger partial charge in [0.05, 0.1) is 17.1 Å². The number of nitro benzene ring substituents is 1. The summed E-state index contributed by atoms with van der Waals surface area (Å²) < 4.78 is 5.51. The summed E-state index contributed by atoms with van der Waals surface area (Å²) in [6, 6.07) is 6.71. The Morgan fingerprint density at radius 1 is 1.58 bits per heavy atom. The number of likely N-dealkylation sites (N-methyl/N-ethyl adjacent to an activating group) is 1. The summed E-state index contributed by atoms with van der Waals surface area (Å²) >= 11 is 0. The summed E-state index contributed by atoms with van der Waals surface area (Å²) in [6.45, 7) is 2.72. The van der Waals surface area contributed by atoms with E-state index in [-0.39, 0.29) is 23.4 Å². The molecule has 6 heteroatoms. The number of nitriles is 1. The van der Waals surface area contributed by atoms with E-state index in [4.69, 9.17) is 10.00 Å². The first kappa shape index (κ1) is 13.3. The molecule has 1 aliphatic heterocycles. The van der Waals surface area contributed by atoms with Gasteiger partial charge in [0.15, 0.2) is 0 Å². The van der Waals surface area contributed by atoms with Crippen LogP contribution in [0.2, 0.25) is 0 Å². The minimum Gasteiger partial charge on any atom is -0.376 e. The largest absolute Gasteiger partial charge is 0.376 e. The van der Waals surface area contributed by atoms with E-state index in [1.807, 2.05) is 24.9 Å². The third-order valence-corrected chi connectivity index (χ3v) is 3.54. The number of benzene rings is 1.